The smallest absolute Gasteiger partial charge is 0.320 e. The van der Waals surface area contributed by atoms with Crippen molar-refractivity contribution in [2.45, 2.75) is 12.2 Å². The average molecular weight is 293 g/mol. The monoisotopic (exact) mass is 293 g/mol. The molecule has 0 saturated heterocycles. The molecular formula is C13H10F3N5. The maximum absolute atomic E-state index is 13.0. The lowest BCUT2D eigenvalue weighted by Crippen LogP contribution is -2.18. The highest BCUT2D eigenvalue weighted by Gasteiger charge is 2.35. The standard InChI is InChI=1S/C13H10F3N5/c14-13(15,16)10-1-2-18-5-8(10)12(17)9-6-20-21-4-3-19-7-11(9)21/h1-7,12H,17H2. The van der Waals surface area contributed by atoms with Gasteiger partial charge in [0.1, 0.15) is 0 Å². The van der Waals surface area contributed by atoms with Gasteiger partial charge in [-0.3, -0.25) is 9.97 Å². The first-order valence-electron chi connectivity index (χ1n) is 6.02. The van der Waals surface area contributed by atoms with Crippen LogP contribution in [0.1, 0.15) is 22.7 Å². The quantitative estimate of drug-likeness (QED) is 0.786. The molecule has 3 rings (SSSR count). The molecule has 21 heavy (non-hydrogen) atoms. The Balaban J connectivity index is 2.13. The zero-order valence-electron chi connectivity index (χ0n) is 10.6. The molecule has 5 nitrogen and oxygen atoms in total. The number of aromatic nitrogens is 4. The normalized spacial score (nSPS) is 13.5. The van der Waals surface area contributed by atoms with Gasteiger partial charge in [-0.05, 0) is 6.07 Å². The van der Waals surface area contributed by atoms with Crippen LogP contribution < -0.4 is 5.73 Å². The third kappa shape index (κ3) is 2.33. The van der Waals surface area contributed by atoms with Crippen LogP contribution in [0.5, 0.6) is 0 Å². The van der Waals surface area contributed by atoms with Crippen molar-refractivity contribution in [3.8, 4) is 0 Å². The molecule has 0 aliphatic carbocycles. The molecule has 1 atom stereocenters. The fraction of sp³-hybridized carbons (Fsp3) is 0.154. The van der Waals surface area contributed by atoms with Crippen molar-refractivity contribution >= 4 is 5.52 Å². The van der Waals surface area contributed by atoms with E-state index in [1.807, 2.05) is 0 Å². The molecule has 0 amide bonds. The van der Waals surface area contributed by atoms with Gasteiger partial charge in [0.05, 0.1) is 29.5 Å². The Labute approximate surface area is 117 Å². The maximum atomic E-state index is 13.0. The second-order valence-electron chi connectivity index (χ2n) is 4.44. The third-order valence-electron chi connectivity index (χ3n) is 3.18. The zero-order chi connectivity index (χ0) is 15.0. The number of hydrogen-bond donors (Lipinski definition) is 1. The van der Waals surface area contributed by atoms with Gasteiger partial charge in [0, 0.05) is 35.9 Å². The van der Waals surface area contributed by atoms with E-state index in [2.05, 4.69) is 15.1 Å². The van der Waals surface area contributed by atoms with Gasteiger partial charge in [-0.15, -0.1) is 0 Å². The van der Waals surface area contributed by atoms with Gasteiger partial charge < -0.3 is 5.73 Å². The second kappa shape index (κ2) is 4.81. The van der Waals surface area contributed by atoms with Crippen LogP contribution in [0, 0.1) is 0 Å². The summed E-state index contributed by atoms with van der Waals surface area (Å²) in [6.45, 7) is 0. The summed E-state index contributed by atoms with van der Waals surface area (Å²) in [5, 5.41) is 4.05. The van der Waals surface area contributed by atoms with E-state index in [9.17, 15) is 13.2 Å². The van der Waals surface area contributed by atoms with Crippen LogP contribution in [0.3, 0.4) is 0 Å². The molecule has 0 aliphatic heterocycles. The van der Waals surface area contributed by atoms with E-state index in [0.717, 1.165) is 18.5 Å². The summed E-state index contributed by atoms with van der Waals surface area (Å²) >= 11 is 0. The molecule has 8 heteroatoms. The van der Waals surface area contributed by atoms with Gasteiger partial charge in [0.25, 0.3) is 0 Å². The summed E-state index contributed by atoms with van der Waals surface area (Å²) in [5.74, 6) is 0. The van der Waals surface area contributed by atoms with Crippen molar-refractivity contribution in [2.75, 3.05) is 0 Å². The molecule has 1 unspecified atom stereocenters. The number of pyridine rings is 1. The van der Waals surface area contributed by atoms with E-state index in [1.54, 1.807) is 6.20 Å². The van der Waals surface area contributed by atoms with Crippen molar-refractivity contribution in [3.05, 3.63) is 59.9 Å². The van der Waals surface area contributed by atoms with Gasteiger partial charge >= 0.3 is 6.18 Å². The predicted octanol–water partition coefficient (Wildman–Crippen LogP) is 2.19. The first-order valence-corrected chi connectivity index (χ1v) is 6.02. The average Bonchev–Trinajstić information content (AvgIpc) is 2.89. The molecule has 0 aromatic carbocycles. The van der Waals surface area contributed by atoms with Crippen molar-refractivity contribution < 1.29 is 13.2 Å². The number of nitrogens with zero attached hydrogens (tertiary/aromatic N) is 4. The van der Waals surface area contributed by atoms with E-state index in [1.165, 1.54) is 23.1 Å². The van der Waals surface area contributed by atoms with Crippen LogP contribution in [0.15, 0.2) is 43.2 Å². The Morgan fingerprint density at radius 2 is 1.81 bits per heavy atom. The lowest BCUT2D eigenvalue weighted by Gasteiger charge is -2.17. The molecule has 3 aromatic rings. The number of alkyl halides is 3. The Hall–Kier alpha value is -2.48. The molecule has 0 bridgehead atoms. The Morgan fingerprint density at radius 3 is 2.57 bits per heavy atom. The summed E-state index contributed by atoms with van der Waals surface area (Å²) in [4.78, 5) is 7.69. The number of hydrogen-bond acceptors (Lipinski definition) is 4. The van der Waals surface area contributed by atoms with Crippen LogP contribution in [-0.4, -0.2) is 19.6 Å². The summed E-state index contributed by atoms with van der Waals surface area (Å²) in [7, 11) is 0. The fourth-order valence-corrected chi connectivity index (χ4v) is 2.17. The van der Waals surface area contributed by atoms with Crippen molar-refractivity contribution in [1.82, 2.24) is 19.6 Å². The fourth-order valence-electron chi connectivity index (χ4n) is 2.17. The van der Waals surface area contributed by atoms with Crippen LogP contribution in [0.4, 0.5) is 13.2 Å². The second-order valence-corrected chi connectivity index (χ2v) is 4.44. The summed E-state index contributed by atoms with van der Waals surface area (Å²) in [5.41, 5.74) is 6.13. The Morgan fingerprint density at radius 1 is 1.05 bits per heavy atom. The molecule has 0 fully saturated rings. The minimum Gasteiger partial charge on any atom is -0.320 e. The van der Waals surface area contributed by atoms with Crippen molar-refractivity contribution in [2.24, 2.45) is 5.73 Å². The van der Waals surface area contributed by atoms with Crippen LogP contribution in [0.25, 0.3) is 5.52 Å². The van der Waals surface area contributed by atoms with Crippen LogP contribution in [-0.2, 0) is 6.18 Å². The summed E-state index contributed by atoms with van der Waals surface area (Å²) in [6.07, 6.45) is 3.81. The minimum absolute atomic E-state index is 0.0937. The molecule has 0 radical (unpaired) electrons. The molecule has 3 aromatic heterocycles. The summed E-state index contributed by atoms with van der Waals surface area (Å²) < 4.78 is 40.6. The predicted molar refractivity (Wildman–Crippen MR) is 68.3 cm³/mol. The SMILES string of the molecule is NC(c1cnccc1C(F)(F)F)c1cnn2ccncc12. The third-order valence-corrected chi connectivity index (χ3v) is 3.18. The van der Waals surface area contributed by atoms with E-state index in [4.69, 9.17) is 5.73 Å². The number of fused-ring (bicyclic) bond motifs is 1. The maximum Gasteiger partial charge on any atom is 0.416 e. The van der Waals surface area contributed by atoms with Gasteiger partial charge in [0.15, 0.2) is 0 Å². The van der Waals surface area contributed by atoms with Crippen LogP contribution >= 0.6 is 0 Å². The van der Waals surface area contributed by atoms with Gasteiger partial charge in [-0.25, -0.2) is 4.52 Å². The first kappa shape index (κ1) is 13.5. The first-order chi connectivity index (χ1) is 9.98. The van der Waals surface area contributed by atoms with Gasteiger partial charge in [-0.1, -0.05) is 0 Å². The Bertz CT molecular complexity index is 781. The molecule has 0 saturated carbocycles. The largest absolute Gasteiger partial charge is 0.416 e. The van der Waals surface area contributed by atoms with Gasteiger partial charge in [0.2, 0.25) is 0 Å². The lowest BCUT2D eigenvalue weighted by molar-refractivity contribution is -0.138. The molecule has 0 aliphatic rings. The molecule has 2 N–H and O–H groups in total. The van der Waals surface area contributed by atoms with Crippen molar-refractivity contribution in [3.63, 3.8) is 0 Å². The highest BCUT2D eigenvalue weighted by Crippen LogP contribution is 2.35. The molecule has 108 valence electrons. The Kier molecular flexibility index (Phi) is 3.09. The highest BCUT2D eigenvalue weighted by atomic mass is 19.4. The topological polar surface area (TPSA) is 69.1 Å². The minimum atomic E-state index is -4.49. The van der Waals surface area contributed by atoms with Crippen molar-refractivity contribution in [1.29, 1.82) is 0 Å². The van der Waals surface area contributed by atoms with Gasteiger partial charge in [-0.2, -0.15) is 18.3 Å². The van der Waals surface area contributed by atoms with E-state index in [0.29, 0.717) is 11.1 Å². The van der Waals surface area contributed by atoms with E-state index < -0.39 is 17.8 Å². The number of halogens is 3. The lowest BCUT2D eigenvalue weighted by atomic mass is 9.98. The molecule has 0 spiro atoms. The molecular weight excluding hydrogens is 283 g/mol. The van der Waals surface area contributed by atoms with E-state index >= 15 is 0 Å². The zero-order valence-corrected chi connectivity index (χ0v) is 10.6. The molecule has 3 heterocycles. The summed E-state index contributed by atoms with van der Waals surface area (Å²) in [6, 6.07) is -0.0730. The van der Waals surface area contributed by atoms with E-state index in [-0.39, 0.29) is 5.56 Å². The highest BCUT2D eigenvalue weighted by molar-refractivity contribution is 5.56. The van der Waals surface area contributed by atoms with Crippen LogP contribution in [0.2, 0.25) is 0 Å². The number of nitrogens with two attached hydrogens (primary N) is 1. The number of rotatable bonds is 2.